The monoisotopic (exact) mass is 420 g/mol. The van der Waals surface area contributed by atoms with Crippen molar-refractivity contribution in [3.05, 3.63) is 77.1 Å². The van der Waals surface area contributed by atoms with Crippen molar-refractivity contribution in [3.8, 4) is 11.4 Å². The molecule has 0 saturated heterocycles. The van der Waals surface area contributed by atoms with Crippen LogP contribution in [0.3, 0.4) is 0 Å². The topological polar surface area (TPSA) is 71.3 Å². The van der Waals surface area contributed by atoms with Crippen molar-refractivity contribution < 1.29 is 13.7 Å². The molecule has 31 heavy (non-hydrogen) atoms. The van der Waals surface area contributed by atoms with E-state index in [2.05, 4.69) is 22.4 Å². The second-order valence-corrected chi connectivity index (χ2v) is 7.73. The second kappa shape index (κ2) is 8.71. The van der Waals surface area contributed by atoms with Crippen molar-refractivity contribution >= 4 is 11.6 Å². The summed E-state index contributed by atoms with van der Waals surface area (Å²) in [5, 5.41) is 7.16. The number of nitrogens with one attached hydrogen (secondary N) is 1. The van der Waals surface area contributed by atoms with Gasteiger partial charge in [-0.15, -0.1) is 0 Å². The highest BCUT2D eigenvalue weighted by Gasteiger charge is 2.35. The molecule has 1 N–H and O–H groups in total. The number of allylic oxidation sites excluding steroid dienone is 1. The summed E-state index contributed by atoms with van der Waals surface area (Å²) in [6, 6.07) is 13.5. The van der Waals surface area contributed by atoms with Crippen molar-refractivity contribution in [2.45, 2.75) is 39.7 Å². The zero-order valence-corrected chi connectivity index (χ0v) is 17.9. The first-order valence-electron chi connectivity index (χ1n) is 10.4. The Morgan fingerprint density at radius 3 is 2.65 bits per heavy atom. The molecule has 1 aromatic heterocycles. The van der Waals surface area contributed by atoms with Crippen LogP contribution in [0.2, 0.25) is 0 Å². The van der Waals surface area contributed by atoms with Crippen LogP contribution in [0.15, 0.2) is 58.8 Å². The number of rotatable bonds is 6. The van der Waals surface area contributed by atoms with Crippen LogP contribution in [0, 0.1) is 12.7 Å². The third kappa shape index (κ3) is 4.21. The van der Waals surface area contributed by atoms with E-state index in [1.165, 1.54) is 12.1 Å². The molecular weight excluding hydrogens is 395 g/mol. The predicted molar refractivity (Wildman–Crippen MR) is 116 cm³/mol. The molecule has 2 heterocycles. The second-order valence-electron chi connectivity index (χ2n) is 7.73. The average molecular weight is 420 g/mol. The Bertz CT molecular complexity index is 1120. The van der Waals surface area contributed by atoms with Gasteiger partial charge in [-0.25, -0.2) is 9.18 Å². The van der Waals surface area contributed by atoms with E-state index in [4.69, 9.17) is 4.52 Å². The molecule has 1 unspecified atom stereocenters. The Morgan fingerprint density at radius 2 is 1.94 bits per heavy atom. The molecule has 6 nitrogen and oxygen atoms in total. The van der Waals surface area contributed by atoms with Gasteiger partial charge in [-0.05, 0) is 38.0 Å². The summed E-state index contributed by atoms with van der Waals surface area (Å²) in [7, 11) is 0. The van der Waals surface area contributed by atoms with Crippen molar-refractivity contribution in [2.75, 3.05) is 6.54 Å². The molecule has 1 aliphatic heterocycles. The highest BCUT2D eigenvalue weighted by atomic mass is 19.1. The van der Waals surface area contributed by atoms with E-state index in [1.54, 1.807) is 17.0 Å². The number of hydrogen-bond acceptors (Lipinski definition) is 4. The minimum Gasteiger partial charge on any atom is -0.334 e. The number of amides is 2. The van der Waals surface area contributed by atoms with Gasteiger partial charge < -0.3 is 9.84 Å². The zero-order chi connectivity index (χ0) is 22.0. The highest BCUT2D eigenvalue weighted by Crippen LogP contribution is 2.37. The number of aromatic nitrogens is 2. The van der Waals surface area contributed by atoms with Crippen LogP contribution in [0.25, 0.3) is 17.0 Å². The molecule has 0 spiro atoms. The molecule has 1 atom stereocenters. The highest BCUT2D eigenvalue weighted by molar-refractivity contribution is 5.86. The van der Waals surface area contributed by atoms with Gasteiger partial charge in [-0.2, -0.15) is 4.98 Å². The number of nitrogens with zero attached hydrogens (tertiary/aromatic N) is 3. The van der Waals surface area contributed by atoms with Gasteiger partial charge in [-0.1, -0.05) is 60.5 Å². The van der Waals surface area contributed by atoms with E-state index in [1.807, 2.05) is 38.1 Å². The Kier molecular flexibility index (Phi) is 5.84. The van der Waals surface area contributed by atoms with Crippen LogP contribution >= 0.6 is 0 Å². The number of benzene rings is 2. The van der Waals surface area contributed by atoms with E-state index in [0.29, 0.717) is 23.8 Å². The smallest absolute Gasteiger partial charge is 0.322 e. The summed E-state index contributed by atoms with van der Waals surface area (Å²) in [5.74, 6) is 0.241. The Balaban J connectivity index is 1.80. The minimum atomic E-state index is -0.424. The number of urea groups is 1. The quantitative estimate of drug-likeness (QED) is 0.573. The lowest BCUT2D eigenvalue weighted by molar-refractivity contribution is 0.204. The van der Waals surface area contributed by atoms with E-state index >= 15 is 0 Å². The van der Waals surface area contributed by atoms with Gasteiger partial charge in [0.25, 0.3) is 5.89 Å². The maximum Gasteiger partial charge on any atom is 0.322 e. The number of aryl methyl sites for hydroxylation is 1. The van der Waals surface area contributed by atoms with E-state index in [0.717, 1.165) is 35.2 Å². The van der Waals surface area contributed by atoms with Gasteiger partial charge >= 0.3 is 6.03 Å². The van der Waals surface area contributed by atoms with Crippen LogP contribution < -0.4 is 5.32 Å². The first-order valence-corrected chi connectivity index (χ1v) is 10.4. The van der Waals surface area contributed by atoms with Gasteiger partial charge in [0.1, 0.15) is 5.82 Å². The number of carbonyl (C=O) groups excluding carboxylic acids is 1. The molecule has 2 aromatic carbocycles. The van der Waals surface area contributed by atoms with Crippen LogP contribution in [0.5, 0.6) is 0 Å². The van der Waals surface area contributed by atoms with E-state index < -0.39 is 6.04 Å². The van der Waals surface area contributed by atoms with Crippen molar-refractivity contribution in [1.29, 1.82) is 0 Å². The van der Waals surface area contributed by atoms with Crippen LogP contribution in [-0.4, -0.2) is 27.6 Å². The average Bonchev–Trinajstić information content (AvgIpc) is 3.23. The summed E-state index contributed by atoms with van der Waals surface area (Å²) < 4.78 is 19.3. The zero-order valence-electron chi connectivity index (χ0n) is 17.9. The summed E-state index contributed by atoms with van der Waals surface area (Å²) in [6.45, 7) is 6.60. The van der Waals surface area contributed by atoms with Gasteiger partial charge in [0.15, 0.2) is 0 Å². The molecule has 0 bridgehead atoms. The Hall–Kier alpha value is -3.48. The van der Waals surface area contributed by atoms with Crippen molar-refractivity contribution in [3.63, 3.8) is 0 Å². The van der Waals surface area contributed by atoms with Crippen LogP contribution in [0.1, 0.15) is 49.7 Å². The summed E-state index contributed by atoms with van der Waals surface area (Å²) >= 11 is 0. The Labute approximate surface area is 180 Å². The van der Waals surface area contributed by atoms with Crippen molar-refractivity contribution in [2.24, 2.45) is 0 Å². The number of halogens is 1. The molecule has 0 saturated carbocycles. The fraction of sp³-hybridized carbons (Fsp3) is 0.292. The minimum absolute atomic E-state index is 0.148. The predicted octanol–water partition coefficient (Wildman–Crippen LogP) is 5.48. The lowest BCUT2D eigenvalue weighted by atomic mass is 9.94. The van der Waals surface area contributed by atoms with Crippen molar-refractivity contribution in [1.82, 2.24) is 20.4 Å². The fourth-order valence-corrected chi connectivity index (χ4v) is 3.73. The number of hydrogen-bond donors (Lipinski definition) is 1. The maximum atomic E-state index is 13.7. The first-order chi connectivity index (χ1) is 15.0. The lowest BCUT2D eigenvalue weighted by Gasteiger charge is -2.35. The molecule has 0 radical (unpaired) electrons. The molecule has 0 aliphatic carbocycles. The maximum absolute atomic E-state index is 13.7. The largest absolute Gasteiger partial charge is 0.334 e. The molecule has 4 rings (SSSR count). The molecule has 2 amide bonds. The van der Waals surface area contributed by atoms with Gasteiger partial charge in [0.05, 0.1) is 11.6 Å². The normalized spacial score (nSPS) is 16.6. The SMILES string of the molecule is CCCCN1C(=O)NC(c2ccc(C)cc2)C(c2nc(-c3cccc(F)c3)no2)=C1C. The Morgan fingerprint density at radius 1 is 1.16 bits per heavy atom. The van der Waals surface area contributed by atoms with E-state index in [9.17, 15) is 9.18 Å². The van der Waals surface area contributed by atoms with Crippen LogP contribution in [0.4, 0.5) is 9.18 Å². The lowest BCUT2D eigenvalue weighted by Crippen LogP contribution is -2.46. The van der Waals surface area contributed by atoms with Gasteiger partial charge in [0, 0.05) is 17.8 Å². The summed E-state index contributed by atoms with van der Waals surface area (Å²) in [6.07, 6.45) is 1.85. The molecule has 7 heteroatoms. The first kappa shape index (κ1) is 20.8. The van der Waals surface area contributed by atoms with Crippen LogP contribution in [-0.2, 0) is 0 Å². The molecule has 0 fully saturated rings. The number of unbranched alkanes of at least 4 members (excludes halogenated alkanes) is 1. The molecule has 160 valence electrons. The number of carbonyl (C=O) groups is 1. The fourth-order valence-electron chi connectivity index (χ4n) is 3.73. The standard InChI is InChI=1S/C24H25FN4O2/c1-4-5-13-29-16(3)20(21(26-24(29)30)17-11-9-15(2)10-12-17)23-27-22(28-31-23)18-7-6-8-19(25)14-18/h6-12,14,21H,4-5,13H2,1-3H3,(H,26,30). The summed E-state index contributed by atoms with van der Waals surface area (Å²) in [5.41, 5.74) is 4.10. The third-order valence-corrected chi connectivity index (χ3v) is 5.48. The summed E-state index contributed by atoms with van der Waals surface area (Å²) in [4.78, 5) is 19.1. The van der Waals surface area contributed by atoms with Gasteiger partial charge in [0.2, 0.25) is 5.82 Å². The molecule has 1 aliphatic rings. The third-order valence-electron chi connectivity index (χ3n) is 5.48. The van der Waals surface area contributed by atoms with E-state index in [-0.39, 0.29) is 11.8 Å². The molecular formula is C24H25FN4O2. The molecule has 3 aromatic rings. The van der Waals surface area contributed by atoms with Gasteiger partial charge in [-0.3, -0.25) is 4.90 Å².